The van der Waals surface area contributed by atoms with Crippen LogP contribution < -0.4 is 10.6 Å². The highest BCUT2D eigenvalue weighted by molar-refractivity contribution is 5.79. The van der Waals surface area contributed by atoms with Crippen LogP contribution >= 0.6 is 0 Å². The summed E-state index contributed by atoms with van der Waals surface area (Å²) in [6.45, 7) is 2.33. The minimum Gasteiger partial charge on any atom is -0.352 e. The Hall–Kier alpha value is -1.36. The first-order chi connectivity index (χ1) is 7.25. The van der Waals surface area contributed by atoms with E-state index in [9.17, 15) is 4.79 Å². The monoisotopic (exact) mass is 208 g/mol. The molecule has 1 aromatic rings. The molecule has 2 rings (SSSR count). The molecule has 0 aromatic carbocycles. The van der Waals surface area contributed by atoms with Crippen LogP contribution in [0.1, 0.15) is 12.0 Å². The summed E-state index contributed by atoms with van der Waals surface area (Å²) in [5.74, 6) is 0.283. The van der Waals surface area contributed by atoms with Crippen molar-refractivity contribution >= 4 is 5.91 Å². The average molecular weight is 208 g/mol. The van der Waals surface area contributed by atoms with E-state index in [2.05, 4.69) is 15.7 Å². The highest BCUT2D eigenvalue weighted by atomic mass is 16.1. The third-order valence-corrected chi connectivity index (χ3v) is 2.66. The molecule has 1 aromatic heterocycles. The van der Waals surface area contributed by atoms with Gasteiger partial charge in [0.25, 0.3) is 0 Å². The van der Waals surface area contributed by atoms with Crippen LogP contribution in [0.4, 0.5) is 0 Å². The molecule has 5 heteroatoms. The second-order valence-electron chi connectivity index (χ2n) is 3.93. The largest absolute Gasteiger partial charge is 0.352 e. The molecule has 0 radical (unpaired) electrons. The van der Waals surface area contributed by atoms with Crippen LogP contribution in [0.5, 0.6) is 0 Å². The van der Waals surface area contributed by atoms with Gasteiger partial charge in [0.05, 0.1) is 12.1 Å². The fraction of sp³-hybridized carbons (Fsp3) is 0.600. The van der Waals surface area contributed by atoms with Crippen LogP contribution in [-0.2, 0) is 18.4 Å². The van der Waals surface area contributed by atoms with E-state index >= 15 is 0 Å². The number of aryl methyl sites for hydroxylation is 1. The van der Waals surface area contributed by atoms with Gasteiger partial charge in [-0.05, 0) is 13.0 Å². The second-order valence-corrected chi connectivity index (χ2v) is 3.93. The Kier molecular flexibility index (Phi) is 3.01. The van der Waals surface area contributed by atoms with Crippen molar-refractivity contribution in [2.75, 3.05) is 13.1 Å². The van der Waals surface area contributed by atoms with E-state index < -0.39 is 0 Å². The summed E-state index contributed by atoms with van der Waals surface area (Å²) in [6.07, 6.45) is 4.62. The minimum absolute atomic E-state index is 0.140. The molecule has 1 aliphatic rings. The fourth-order valence-electron chi connectivity index (χ4n) is 1.78. The molecule has 2 heterocycles. The lowest BCUT2D eigenvalue weighted by molar-refractivity contribution is -0.124. The van der Waals surface area contributed by atoms with Gasteiger partial charge in [-0.2, -0.15) is 5.10 Å². The van der Waals surface area contributed by atoms with E-state index in [1.165, 1.54) is 0 Å². The van der Waals surface area contributed by atoms with Crippen LogP contribution in [0.3, 0.4) is 0 Å². The highest BCUT2D eigenvalue weighted by Gasteiger charge is 2.21. The number of nitrogens with zero attached hydrogens (tertiary/aromatic N) is 2. The van der Waals surface area contributed by atoms with Crippen molar-refractivity contribution in [3.8, 4) is 0 Å². The number of carbonyl (C=O) groups is 1. The molecule has 82 valence electrons. The first-order valence-corrected chi connectivity index (χ1v) is 5.21. The van der Waals surface area contributed by atoms with E-state index in [1.807, 2.05) is 13.2 Å². The number of rotatable bonds is 3. The average Bonchev–Trinajstić information content (AvgIpc) is 2.84. The van der Waals surface area contributed by atoms with Gasteiger partial charge in [0.15, 0.2) is 0 Å². The van der Waals surface area contributed by atoms with E-state index in [1.54, 1.807) is 10.9 Å². The Labute approximate surface area is 88.8 Å². The molecular formula is C10H16N4O. The third kappa shape index (κ3) is 2.56. The van der Waals surface area contributed by atoms with Crippen LogP contribution in [0.2, 0.25) is 0 Å². The summed E-state index contributed by atoms with van der Waals surface area (Å²) < 4.78 is 1.73. The molecule has 0 unspecified atom stereocenters. The SMILES string of the molecule is Cn1cc(CNC(=O)[C@H]2CCNC2)cn1. The summed E-state index contributed by atoms with van der Waals surface area (Å²) in [5, 5.41) is 10.1. The van der Waals surface area contributed by atoms with Crippen molar-refractivity contribution in [2.45, 2.75) is 13.0 Å². The second kappa shape index (κ2) is 4.44. The fourth-order valence-corrected chi connectivity index (χ4v) is 1.78. The summed E-state index contributed by atoms with van der Waals surface area (Å²) in [5.41, 5.74) is 1.04. The summed E-state index contributed by atoms with van der Waals surface area (Å²) >= 11 is 0. The Morgan fingerprint density at radius 1 is 1.80 bits per heavy atom. The molecule has 15 heavy (non-hydrogen) atoms. The van der Waals surface area contributed by atoms with Crippen molar-refractivity contribution in [1.82, 2.24) is 20.4 Å². The lowest BCUT2D eigenvalue weighted by Crippen LogP contribution is -2.31. The molecule has 1 aliphatic heterocycles. The zero-order valence-corrected chi connectivity index (χ0v) is 8.86. The van der Waals surface area contributed by atoms with Gasteiger partial charge in [-0.25, -0.2) is 0 Å². The zero-order chi connectivity index (χ0) is 10.7. The van der Waals surface area contributed by atoms with Gasteiger partial charge in [-0.1, -0.05) is 0 Å². The minimum atomic E-state index is 0.140. The normalized spacial score (nSPS) is 20.5. The first kappa shape index (κ1) is 10.2. The number of aromatic nitrogens is 2. The van der Waals surface area contributed by atoms with E-state index in [0.29, 0.717) is 6.54 Å². The van der Waals surface area contributed by atoms with Gasteiger partial charge >= 0.3 is 0 Å². The van der Waals surface area contributed by atoms with Crippen molar-refractivity contribution in [2.24, 2.45) is 13.0 Å². The molecular weight excluding hydrogens is 192 g/mol. The quantitative estimate of drug-likeness (QED) is 0.713. The summed E-state index contributed by atoms with van der Waals surface area (Å²) in [6, 6.07) is 0. The highest BCUT2D eigenvalue weighted by Crippen LogP contribution is 2.07. The predicted molar refractivity (Wildman–Crippen MR) is 56.0 cm³/mol. The van der Waals surface area contributed by atoms with Gasteiger partial charge in [-0.15, -0.1) is 0 Å². The van der Waals surface area contributed by atoms with Crippen LogP contribution in [-0.4, -0.2) is 28.8 Å². The molecule has 5 nitrogen and oxygen atoms in total. The molecule has 1 saturated heterocycles. The van der Waals surface area contributed by atoms with E-state index in [4.69, 9.17) is 0 Å². The maximum atomic E-state index is 11.6. The first-order valence-electron chi connectivity index (χ1n) is 5.21. The van der Waals surface area contributed by atoms with Gasteiger partial charge in [0.2, 0.25) is 5.91 Å². The maximum absolute atomic E-state index is 11.6. The molecule has 1 fully saturated rings. The third-order valence-electron chi connectivity index (χ3n) is 2.66. The Bertz CT molecular complexity index is 341. The Balaban J connectivity index is 1.80. The standard InChI is InChI=1S/C10H16N4O/c1-14-7-8(5-13-14)4-12-10(15)9-2-3-11-6-9/h5,7,9,11H,2-4,6H2,1H3,(H,12,15)/t9-/m0/s1. The van der Waals surface area contributed by atoms with Gasteiger partial charge in [0, 0.05) is 31.9 Å². The molecule has 2 N–H and O–H groups in total. The molecule has 0 bridgehead atoms. The predicted octanol–water partition coefficient (Wildman–Crippen LogP) is -0.354. The van der Waals surface area contributed by atoms with Crippen LogP contribution in [0.25, 0.3) is 0 Å². The lowest BCUT2D eigenvalue weighted by atomic mass is 10.1. The van der Waals surface area contributed by atoms with E-state index in [0.717, 1.165) is 25.1 Å². The Morgan fingerprint density at radius 2 is 2.67 bits per heavy atom. The van der Waals surface area contributed by atoms with Gasteiger partial charge in [-0.3, -0.25) is 9.48 Å². The zero-order valence-electron chi connectivity index (χ0n) is 8.86. The smallest absolute Gasteiger partial charge is 0.224 e. The maximum Gasteiger partial charge on any atom is 0.224 e. The van der Waals surface area contributed by atoms with Crippen molar-refractivity contribution < 1.29 is 4.79 Å². The van der Waals surface area contributed by atoms with Gasteiger partial charge < -0.3 is 10.6 Å². The molecule has 0 aliphatic carbocycles. The van der Waals surface area contributed by atoms with Crippen LogP contribution in [0.15, 0.2) is 12.4 Å². The molecule has 0 saturated carbocycles. The van der Waals surface area contributed by atoms with Crippen molar-refractivity contribution in [3.05, 3.63) is 18.0 Å². The van der Waals surface area contributed by atoms with Gasteiger partial charge in [0.1, 0.15) is 0 Å². The number of nitrogens with one attached hydrogen (secondary N) is 2. The topological polar surface area (TPSA) is 59.0 Å². The lowest BCUT2D eigenvalue weighted by Gasteiger charge is -2.08. The number of amides is 1. The van der Waals surface area contributed by atoms with Crippen molar-refractivity contribution in [1.29, 1.82) is 0 Å². The number of hydrogen-bond donors (Lipinski definition) is 2. The van der Waals surface area contributed by atoms with E-state index in [-0.39, 0.29) is 11.8 Å². The van der Waals surface area contributed by atoms with Crippen LogP contribution in [0, 0.1) is 5.92 Å². The molecule has 0 spiro atoms. The molecule has 1 amide bonds. The summed E-state index contributed by atoms with van der Waals surface area (Å²) in [7, 11) is 1.87. The molecule has 1 atom stereocenters. The number of carbonyl (C=O) groups excluding carboxylic acids is 1. The summed E-state index contributed by atoms with van der Waals surface area (Å²) in [4.78, 5) is 11.6. The van der Waals surface area contributed by atoms with Crippen molar-refractivity contribution in [3.63, 3.8) is 0 Å². The number of hydrogen-bond acceptors (Lipinski definition) is 3. The Morgan fingerprint density at radius 3 is 3.27 bits per heavy atom.